The summed E-state index contributed by atoms with van der Waals surface area (Å²) in [6.07, 6.45) is 2.33. The van der Waals surface area contributed by atoms with E-state index >= 15 is 0 Å². The number of amides is 1. The first-order valence-electron chi connectivity index (χ1n) is 8.85. The number of ether oxygens (including phenoxy) is 1. The molecule has 0 bridgehead atoms. The molecule has 0 spiro atoms. The van der Waals surface area contributed by atoms with Crippen molar-refractivity contribution >= 4 is 28.5 Å². The SMILES string of the molecule is CCCOc1ccccc1[C@H]1N=c2ccccc2=C2C(=O)NC(SC)=NN21. The van der Waals surface area contributed by atoms with E-state index in [9.17, 15) is 4.79 Å². The molecule has 1 atom stereocenters. The monoisotopic (exact) mass is 380 g/mol. The highest BCUT2D eigenvalue weighted by Gasteiger charge is 2.35. The van der Waals surface area contributed by atoms with E-state index in [1.807, 2.05) is 54.8 Å². The summed E-state index contributed by atoms with van der Waals surface area (Å²) < 4.78 is 5.94. The number of thioether (sulfide) groups is 1. The van der Waals surface area contributed by atoms with Gasteiger partial charge in [0.1, 0.15) is 11.4 Å². The third-order valence-corrected chi connectivity index (χ3v) is 4.94. The Kier molecular flexibility index (Phi) is 4.85. The first-order chi connectivity index (χ1) is 13.2. The highest BCUT2D eigenvalue weighted by Crippen LogP contribution is 2.35. The van der Waals surface area contributed by atoms with Gasteiger partial charge in [0, 0.05) is 10.8 Å². The number of carbonyl (C=O) groups is 1. The molecule has 0 fully saturated rings. The fourth-order valence-electron chi connectivity index (χ4n) is 3.16. The summed E-state index contributed by atoms with van der Waals surface area (Å²) in [5.74, 6) is 0.590. The molecule has 2 aromatic carbocycles. The minimum absolute atomic E-state index is 0.173. The van der Waals surface area contributed by atoms with E-state index in [1.54, 1.807) is 5.01 Å². The first kappa shape index (κ1) is 17.6. The second-order valence-electron chi connectivity index (χ2n) is 6.16. The third kappa shape index (κ3) is 3.19. The van der Waals surface area contributed by atoms with Crippen molar-refractivity contribution < 1.29 is 9.53 Å². The van der Waals surface area contributed by atoms with Crippen LogP contribution >= 0.6 is 11.8 Å². The van der Waals surface area contributed by atoms with E-state index in [1.165, 1.54) is 11.8 Å². The van der Waals surface area contributed by atoms with Gasteiger partial charge in [-0.05, 0) is 24.8 Å². The molecular formula is C20H20N4O2S. The van der Waals surface area contributed by atoms with Crippen LogP contribution in [-0.2, 0) is 4.79 Å². The van der Waals surface area contributed by atoms with Crippen LogP contribution in [0.3, 0.4) is 0 Å². The van der Waals surface area contributed by atoms with Gasteiger partial charge in [0.15, 0.2) is 11.3 Å². The maximum atomic E-state index is 12.8. The summed E-state index contributed by atoms with van der Waals surface area (Å²) in [5, 5.41) is 11.3. The van der Waals surface area contributed by atoms with E-state index in [-0.39, 0.29) is 5.91 Å². The summed E-state index contributed by atoms with van der Waals surface area (Å²) in [6.45, 7) is 2.69. The van der Waals surface area contributed by atoms with Crippen molar-refractivity contribution in [1.82, 2.24) is 10.3 Å². The van der Waals surface area contributed by atoms with Crippen molar-refractivity contribution in [2.75, 3.05) is 12.9 Å². The molecule has 1 N–H and O–H groups in total. The normalized spacial score (nSPS) is 18.1. The van der Waals surface area contributed by atoms with Crippen LogP contribution < -0.4 is 20.6 Å². The second kappa shape index (κ2) is 7.44. The molecule has 138 valence electrons. The molecule has 2 aromatic rings. The minimum atomic E-state index is -0.462. The first-order valence-corrected chi connectivity index (χ1v) is 10.1. The topological polar surface area (TPSA) is 66.3 Å². The second-order valence-corrected chi connectivity index (χ2v) is 6.96. The largest absolute Gasteiger partial charge is 0.493 e. The molecular weight excluding hydrogens is 360 g/mol. The van der Waals surface area contributed by atoms with Crippen molar-refractivity contribution in [2.45, 2.75) is 19.5 Å². The number of hydrazone groups is 1. The Hall–Kier alpha value is -2.80. The Bertz CT molecular complexity index is 1030. The lowest BCUT2D eigenvalue weighted by Crippen LogP contribution is -2.50. The third-order valence-electron chi connectivity index (χ3n) is 4.37. The van der Waals surface area contributed by atoms with Crippen LogP contribution in [0.1, 0.15) is 25.1 Å². The number of hydrogen-bond acceptors (Lipinski definition) is 6. The van der Waals surface area contributed by atoms with Gasteiger partial charge >= 0.3 is 0 Å². The molecule has 4 rings (SSSR count). The average Bonchev–Trinajstić information content (AvgIpc) is 2.71. The molecule has 27 heavy (non-hydrogen) atoms. The quantitative estimate of drug-likeness (QED) is 0.881. The molecule has 0 unspecified atom stereocenters. The van der Waals surface area contributed by atoms with Gasteiger partial charge in [-0.15, -0.1) is 5.10 Å². The van der Waals surface area contributed by atoms with Crippen LogP contribution in [0.5, 0.6) is 5.75 Å². The van der Waals surface area contributed by atoms with Crippen molar-refractivity contribution in [3.8, 4) is 5.75 Å². The van der Waals surface area contributed by atoms with Crippen molar-refractivity contribution in [3.63, 3.8) is 0 Å². The molecule has 2 aliphatic rings. The number of fused-ring (bicyclic) bond motifs is 2. The molecule has 7 heteroatoms. The minimum Gasteiger partial charge on any atom is -0.493 e. The molecule has 0 radical (unpaired) electrons. The predicted octanol–water partition coefficient (Wildman–Crippen LogP) is 1.98. The van der Waals surface area contributed by atoms with Crippen LogP contribution in [0.2, 0.25) is 0 Å². The highest BCUT2D eigenvalue weighted by atomic mass is 32.2. The zero-order valence-electron chi connectivity index (χ0n) is 15.2. The van der Waals surface area contributed by atoms with E-state index < -0.39 is 6.17 Å². The maximum absolute atomic E-state index is 12.8. The van der Waals surface area contributed by atoms with Gasteiger partial charge in [0.25, 0.3) is 5.91 Å². The lowest BCUT2D eigenvalue weighted by molar-refractivity contribution is -0.116. The number of carbonyl (C=O) groups excluding carboxylic acids is 1. The summed E-state index contributed by atoms with van der Waals surface area (Å²) in [6, 6.07) is 15.4. The summed E-state index contributed by atoms with van der Waals surface area (Å²) in [7, 11) is 0. The lowest BCUT2D eigenvalue weighted by atomic mass is 10.1. The van der Waals surface area contributed by atoms with Crippen molar-refractivity contribution in [1.29, 1.82) is 0 Å². The standard InChI is InChI=1S/C20H20N4O2S/c1-3-12-26-16-11-7-5-9-14(16)18-21-15-10-6-4-8-13(15)17-19(25)22-20(27-2)23-24(17)18/h4-11,18H,3,12H2,1-2H3,(H,22,23,25)/t18-/m0/s1. The van der Waals surface area contributed by atoms with Crippen LogP contribution in [0.25, 0.3) is 5.70 Å². The zero-order chi connectivity index (χ0) is 18.8. The lowest BCUT2D eigenvalue weighted by Gasteiger charge is -2.34. The number of amidine groups is 1. The van der Waals surface area contributed by atoms with Gasteiger partial charge in [-0.25, -0.2) is 5.01 Å². The molecule has 0 aromatic heterocycles. The highest BCUT2D eigenvalue weighted by molar-refractivity contribution is 8.13. The van der Waals surface area contributed by atoms with E-state index in [0.29, 0.717) is 17.5 Å². The summed E-state index contributed by atoms with van der Waals surface area (Å²) in [5.41, 5.74) is 1.39. The Morgan fingerprint density at radius 3 is 2.78 bits per heavy atom. The van der Waals surface area contributed by atoms with Gasteiger partial charge in [0.2, 0.25) is 0 Å². The fraction of sp³-hybridized carbons (Fsp3) is 0.250. The van der Waals surface area contributed by atoms with Crippen molar-refractivity contribution in [2.24, 2.45) is 10.1 Å². The number of para-hydroxylation sites is 2. The number of hydrogen-bond donors (Lipinski definition) is 1. The van der Waals surface area contributed by atoms with Gasteiger partial charge < -0.3 is 4.74 Å². The maximum Gasteiger partial charge on any atom is 0.276 e. The van der Waals surface area contributed by atoms with Gasteiger partial charge in [-0.2, -0.15) is 0 Å². The number of nitrogens with one attached hydrogen (secondary N) is 1. The Labute approximate surface area is 161 Å². The average molecular weight is 380 g/mol. The van der Waals surface area contributed by atoms with Crippen LogP contribution in [0, 0.1) is 0 Å². The van der Waals surface area contributed by atoms with Crippen LogP contribution in [0.4, 0.5) is 0 Å². The Balaban J connectivity index is 1.92. The number of nitrogens with zero attached hydrogens (tertiary/aromatic N) is 3. The van der Waals surface area contributed by atoms with Gasteiger partial charge in [-0.1, -0.05) is 55.1 Å². The summed E-state index contributed by atoms with van der Waals surface area (Å²) in [4.78, 5) is 17.7. The Morgan fingerprint density at radius 2 is 1.96 bits per heavy atom. The molecule has 0 aliphatic carbocycles. The molecule has 2 heterocycles. The van der Waals surface area contributed by atoms with Gasteiger partial charge in [0.05, 0.1) is 12.0 Å². The van der Waals surface area contributed by atoms with Crippen LogP contribution in [-0.4, -0.2) is 28.9 Å². The smallest absolute Gasteiger partial charge is 0.276 e. The molecule has 0 saturated heterocycles. The van der Waals surface area contributed by atoms with E-state index in [4.69, 9.17) is 9.73 Å². The molecule has 2 aliphatic heterocycles. The number of benzene rings is 2. The molecule has 1 amide bonds. The fourth-order valence-corrected chi connectivity index (χ4v) is 3.52. The van der Waals surface area contributed by atoms with E-state index in [2.05, 4.69) is 17.3 Å². The number of rotatable bonds is 4. The Morgan fingerprint density at radius 1 is 1.19 bits per heavy atom. The summed E-state index contributed by atoms with van der Waals surface area (Å²) >= 11 is 1.39. The van der Waals surface area contributed by atoms with Crippen LogP contribution in [0.15, 0.2) is 58.6 Å². The van der Waals surface area contributed by atoms with Crippen molar-refractivity contribution in [3.05, 3.63) is 64.7 Å². The zero-order valence-corrected chi connectivity index (χ0v) is 16.0. The molecule has 6 nitrogen and oxygen atoms in total. The van der Waals surface area contributed by atoms with Gasteiger partial charge in [-0.3, -0.25) is 15.1 Å². The predicted molar refractivity (Wildman–Crippen MR) is 107 cm³/mol. The van der Waals surface area contributed by atoms with E-state index in [0.717, 1.165) is 28.3 Å². The molecule has 0 saturated carbocycles.